The number of methoxy groups -OCH3 is 1. The maximum atomic E-state index is 12.0. The number of isothiocyanates is 1. The summed E-state index contributed by atoms with van der Waals surface area (Å²) in [5.41, 5.74) is 1.55. The summed E-state index contributed by atoms with van der Waals surface area (Å²) in [6.45, 7) is 0.550. The molecule has 0 fully saturated rings. The molecule has 20 heavy (non-hydrogen) atoms. The first-order valence-corrected chi connectivity index (χ1v) is 7.51. The minimum atomic E-state index is -1.31. The van der Waals surface area contributed by atoms with Crippen LogP contribution in [0.15, 0.2) is 39.8 Å². The molecule has 104 valence electrons. The van der Waals surface area contributed by atoms with Gasteiger partial charge in [0.05, 0.1) is 29.8 Å². The van der Waals surface area contributed by atoms with Gasteiger partial charge in [-0.2, -0.15) is 0 Å². The SMILES string of the molecule is COc1ccc2nc(S(=O)C=CCCN=C=S)[nH]c2c1. The molecule has 1 aromatic carbocycles. The molecule has 0 aliphatic heterocycles. The van der Waals surface area contributed by atoms with Gasteiger partial charge >= 0.3 is 0 Å². The molecule has 1 heterocycles. The lowest BCUT2D eigenvalue weighted by atomic mass is 10.3. The highest BCUT2D eigenvalue weighted by Gasteiger charge is 2.07. The van der Waals surface area contributed by atoms with Crippen molar-refractivity contribution in [1.29, 1.82) is 0 Å². The fourth-order valence-corrected chi connectivity index (χ4v) is 2.52. The summed E-state index contributed by atoms with van der Waals surface area (Å²) in [5.74, 6) is 0.729. The molecule has 5 nitrogen and oxygen atoms in total. The molecule has 1 aromatic heterocycles. The van der Waals surface area contributed by atoms with E-state index in [0.717, 1.165) is 16.8 Å². The second-order valence-corrected chi connectivity index (χ2v) is 5.29. The molecule has 7 heteroatoms. The van der Waals surface area contributed by atoms with Crippen LogP contribution in [0.3, 0.4) is 0 Å². The first kappa shape index (κ1) is 14.6. The van der Waals surface area contributed by atoms with E-state index in [-0.39, 0.29) is 0 Å². The van der Waals surface area contributed by atoms with Gasteiger partial charge in [0.25, 0.3) is 0 Å². The van der Waals surface area contributed by atoms with Crippen molar-refractivity contribution >= 4 is 39.2 Å². The van der Waals surface area contributed by atoms with Crippen LogP contribution in [0.25, 0.3) is 11.0 Å². The molecule has 1 N–H and O–H groups in total. The number of aliphatic imine (C=N–C) groups is 1. The largest absolute Gasteiger partial charge is 0.497 e. The van der Waals surface area contributed by atoms with Gasteiger partial charge in [0.15, 0.2) is 0 Å². The maximum Gasteiger partial charge on any atom is 0.201 e. The van der Waals surface area contributed by atoms with Crippen molar-refractivity contribution in [3.63, 3.8) is 0 Å². The molecule has 0 amide bonds. The van der Waals surface area contributed by atoms with Crippen molar-refractivity contribution in [3.05, 3.63) is 29.7 Å². The third-order valence-corrected chi connectivity index (χ3v) is 3.69. The zero-order valence-corrected chi connectivity index (χ0v) is 12.5. The minimum Gasteiger partial charge on any atom is -0.497 e. The number of imidazole rings is 1. The Labute approximate surface area is 124 Å². The topological polar surface area (TPSA) is 67.3 Å². The van der Waals surface area contributed by atoms with Crippen molar-refractivity contribution < 1.29 is 8.95 Å². The Hall–Kier alpha value is -1.82. The quantitative estimate of drug-likeness (QED) is 0.506. The first-order valence-electron chi connectivity index (χ1n) is 5.89. The molecule has 0 saturated heterocycles. The van der Waals surface area contributed by atoms with E-state index in [0.29, 0.717) is 18.1 Å². The molecular weight excluding hydrogens is 294 g/mol. The number of H-pyrrole nitrogens is 1. The van der Waals surface area contributed by atoms with Gasteiger partial charge < -0.3 is 9.72 Å². The van der Waals surface area contributed by atoms with Crippen LogP contribution in [0, 0.1) is 0 Å². The van der Waals surface area contributed by atoms with Crippen molar-refractivity contribution in [2.24, 2.45) is 4.99 Å². The third-order valence-electron chi connectivity index (χ3n) is 2.55. The van der Waals surface area contributed by atoms with E-state index in [2.05, 4.69) is 32.3 Å². The van der Waals surface area contributed by atoms with E-state index in [4.69, 9.17) is 4.74 Å². The minimum absolute atomic E-state index is 0.419. The van der Waals surface area contributed by atoms with Crippen molar-refractivity contribution in [1.82, 2.24) is 9.97 Å². The van der Waals surface area contributed by atoms with Crippen LogP contribution in [0.4, 0.5) is 0 Å². The van der Waals surface area contributed by atoms with Crippen molar-refractivity contribution in [2.75, 3.05) is 13.7 Å². The van der Waals surface area contributed by atoms with Gasteiger partial charge in [-0.05, 0) is 30.8 Å². The molecule has 0 aliphatic carbocycles. The first-order chi connectivity index (χ1) is 9.74. The summed E-state index contributed by atoms with van der Waals surface area (Å²) in [7, 11) is 0.293. The summed E-state index contributed by atoms with van der Waals surface area (Å²) in [5, 5.41) is 4.29. The number of aromatic nitrogens is 2. The van der Waals surface area contributed by atoms with Crippen LogP contribution in [0.2, 0.25) is 0 Å². The fraction of sp³-hybridized carbons (Fsp3) is 0.231. The molecule has 0 radical (unpaired) electrons. The Balaban J connectivity index is 2.12. The van der Waals surface area contributed by atoms with E-state index in [1.807, 2.05) is 18.2 Å². The van der Waals surface area contributed by atoms with Gasteiger partial charge in [-0.15, -0.1) is 0 Å². The number of aromatic amines is 1. The second kappa shape index (κ2) is 7.09. The number of nitrogens with one attached hydrogen (secondary N) is 1. The summed E-state index contributed by atoms with van der Waals surface area (Å²) in [6, 6.07) is 5.46. The van der Waals surface area contributed by atoms with Gasteiger partial charge in [-0.1, -0.05) is 6.08 Å². The lowest BCUT2D eigenvalue weighted by Gasteiger charge is -1.96. The van der Waals surface area contributed by atoms with E-state index in [9.17, 15) is 4.21 Å². The second-order valence-electron chi connectivity index (χ2n) is 3.86. The lowest BCUT2D eigenvalue weighted by Crippen LogP contribution is -1.89. The Bertz CT molecular complexity index is 703. The maximum absolute atomic E-state index is 12.0. The third kappa shape index (κ3) is 3.60. The van der Waals surface area contributed by atoms with Crippen LogP contribution in [0.5, 0.6) is 5.75 Å². The lowest BCUT2D eigenvalue weighted by molar-refractivity contribution is 0.415. The Kier molecular flexibility index (Phi) is 5.17. The molecule has 2 aromatic rings. The number of benzene rings is 1. The molecule has 2 rings (SSSR count). The molecule has 0 aliphatic rings. The predicted molar refractivity (Wildman–Crippen MR) is 82.7 cm³/mol. The zero-order chi connectivity index (χ0) is 14.4. The van der Waals surface area contributed by atoms with E-state index in [1.54, 1.807) is 18.6 Å². The standard InChI is InChI=1S/C13H13N3O2S2/c1-18-10-4-5-11-12(8-10)16-13(15-11)20(17)7-3-2-6-14-9-19/h3-5,7-8H,2,6H2,1H3,(H,15,16). The van der Waals surface area contributed by atoms with E-state index < -0.39 is 10.8 Å². The highest BCUT2D eigenvalue weighted by atomic mass is 32.2. The zero-order valence-electron chi connectivity index (χ0n) is 10.8. The predicted octanol–water partition coefficient (Wildman–Crippen LogP) is 2.69. The summed E-state index contributed by atoms with van der Waals surface area (Å²) in [6.07, 6.45) is 2.46. The highest BCUT2D eigenvalue weighted by molar-refractivity contribution is 7.87. The van der Waals surface area contributed by atoms with Gasteiger partial charge in [-0.25, -0.2) is 14.2 Å². The normalized spacial score (nSPS) is 12.4. The average molecular weight is 307 g/mol. The number of ether oxygens (including phenoxy) is 1. The smallest absolute Gasteiger partial charge is 0.201 e. The molecule has 0 spiro atoms. The van der Waals surface area contributed by atoms with Crippen LogP contribution in [-0.2, 0) is 10.8 Å². The number of hydrogen-bond acceptors (Lipinski definition) is 5. The van der Waals surface area contributed by atoms with Gasteiger partial charge in [0.2, 0.25) is 5.16 Å². The fourth-order valence-electron chi connectivity index (χ4n) is 1.59. The highest BCUT2D eigenvalue weighted by Crippen LogP contribution is 2.19. The van der Waals surface area contributed by atoms with E-state index in [1.165, 1.54) is 0 Å². The van der Waals surface area contributed by atoms with Crippen LogP contribution >= 0.6 is 12.2 Å². The molecule has 1 unspecified atom stereocenters. The Morgan fingerprint density at radius 2 is 2.45 bits per heavy atom. The number of rotatable bonds is 6. The number of thiocarbonyl (C=S) groups is 1. The summed E-state index contributed by atoms with van der Waals surface area (Å²) >= 11 is 4.46. The van der Waals surface area contributed by atoms with Gasteiger partial charge in [-0.3, -0.25) is 0 Å². The van der Waals surface area contributed by atoms with Crippen molar-refractivity contribution in [2.45, 2.75) is 11.6 Å². The van der Waals surface area contributed by atoms with E-state index >= 15 is 0 Å². The molecule has 0 bridgehead atoms. The number of hydrogen-bond donors (Lipinski definition) is 1. The molecule has 0 saturated carbocycles. The summed E-state index contributed by atoms with van der Waals surface area (Å²) in [4.78, 5) is 11.1. The van der Waals surface area contributed by atoms with Crippen LogP contribution in [0.1, 0.15) is 6.42 Å². The van der Waals surface area contributed by atoms with Crippen LogP contribution < -0.4 is 4.74 Å². The molecule has 1 atom stereocenters. The summed E-state index contributed by atoms with van der Waals surface area (Å²) < 4.78 is 17.2. The van der Waals surface area contributed by atoms with Crippen LogP contribution in [-0.4, -0.2) is 33.0 Å². The van der Waals surface area contributed by atoms with Gasteiger partial charge in [0.1, 0.15) is 16.5 Å². The molecular formula is C13H13N3O2S2. The Morgan fingerprint density at radius 1 is 1.60 bits per heavy atom. The Morgan fingerprint density at radius 3 is 3.20 bits per heavy atom. The number of nitrogens with zero attached hydrogens (tertiary/aromatic N) is 2. The van der Waals surface area contributed by atoms with Crippen molar-refractivity contribution in [3.8, 4) is 5.75 Å². The van der Waals surface area contributed by atoms with Gasteiger partial charge in [0, 0.05) is 11.5 Å². The average Bonchev–Trinajstić information content (AvgIpc) is 2.89. The number of fused-ring (bicyclic) bond motifs is 1. The monoisotopic (exact) mass is 307 g/mol.